The molecule has 0 atom stereocenters. The molecule has 2 amide bonds. The molecule has 1 fully saturated rings. The molecule has 9 heteroatoms. The number of anilines is 1. The van der Waals surface area contributed by atoms with Crippen molar-refractivity contribution < 1.29 is 19.1 Å². The van der Waals surface area contributed by atoms with Gasteiger partial charge in [0.2, 0.25) is 0 Å². The third-order valence-corrected chi connectivity index (χ3v) is 5.15. The Morgan fingerprint density at radius 3 is 2.44 bits per heavy atom. The topological polar surface area (TPSA) is 67.9 Å². The molecule has 0 radical (unpaired) electrons. The fourth-order valence-corrected chi connectivity index (χ4v) is 3.47. The molecule has 1 aliphatic heterocycles. The summed E-state index contributed by atoms with van der Waals surface area (Å²) in [6.07, 6.45) is 1.47. The molecule has 0 unspecified atom stereocenters. The van der Waals surface area contributed by atoms with Gasteiger partial charge in [-0.3, -0.25) is 15.0 Å². The van der Waals surface area contributed by atoms with E-state index >= 15 is 0 Å². The van der Waals surface area contributed by atoms with Gasteiger partial charge in [-0.25, -0.2) is 5.01 Å². The number of hydrazine groups is 1. The van der Waals surface area contributed by atoms with Crippen molar-refractivity contribution >= 4 is 62.7 Å². The molecule has 1 N–H and O–H groups in total. The molecule has 140 valence electrons. The molecule has 1 heterocycles. The first-order valence-corrected chi connectivity index (χ1v) is 9.14. The Bertz CT molecular complexity index is 978. The Kier molecular flexibility index (Phi) is 5.64. The molecule has 6 nitrogen and oxygen atoms in total. The average molecular weight is 472 g/mol. The van der Waals surface area contributed by atoms with Gasteiger partial charge in [-0.2, -0.15) is 0 Å². The van der Waals surface area contributed by atoms with Gasteiger partial charge in [0.15, 0.2) is 11.5 Å². The maximum absolute atomic E-state index is 12.7. The second kappa shape index (κ2) is 7.80. The zero-order valence-corrected chi connectivity index (χ0v) is 17.3. The molecule has 0 saturated carbocycles. The van der Waals surface area contributed by atoms with E-state index in [0.29, 0.717) is 32.2 Å². The van der Waals surface area contributed by atoms with E-state index in [1.807, 2.05) is 0 Å². The van der Waals surface area contributed by atoms with Crippen LogP contribution in [0.1, 0.15) is 5.56 Å². The number of benzene rings is 2. The Balaban J connectivity index is 1.98. The largest absolute Gasteiger partial charge is 0.493 e. The maximum atomic E-state index is 12.7. The smallest absolute Gasteiger partial charge is 0.282 e. The van der Waals surface area contributed by atoms with Crippen molar-refractivity contribution in [1.82, 2.24) is 5.43 Å². The summed E-state index contributed by atoms with van der Waals surface area (Å²) in [6, 6.07) is 8.02. The van der Waals surface area contributed by atoms with Gasteiger partial charge >= 0.3 is 0 Å². The minimum absolute atomic E-state index is 0.0276. The standard InChI is InChI=1S/C18H13BrCl2N2O4/c1-26-15-7-9(6-12(19)16(15)27-2)5-11-17(24)22-23(18(11)25)10-3-4-13(20)14(21)8-10/h3-8H,1-2H3,(H,22,24). The van der Waals surface area contributed by atoms with Crippen LogP contribution in [-0.2, 0) is 9.59 Å². The number of ether oxygens (including phenoxy) is 2. The SMILES string of the molecule is COc1cc(C=C2C(=O)NN(c3ccc(Cl)c(Cl)c3)C2=O)cc(Br)c1OC. The van der Waals surface area contributed by atoms with E-state index in [-0.39, 0.29) is 10.6 Å². The molecular weight excluding hydrogens is 459 g/mol. The first-order valence-electron chi connectivity index (χ1n) is 7.59. The molecule has 27 heavy (non-hydrogen) atoms. The van der Waals surface area contributed by atoms with Crippen LogP contribution in [0.25, 0.3) is 6.08 Å². The van der Waals surface area contributed by atoms with E-state index in [1.165, 1.54) is 26.4 Å². The summed E-state index contributed by atoms with van der Waals surface area (Å²) in [5, 5.41) is 1.74. The lowest BCUT2D eigenvalue weighted by atomic mass is 10.1. The highest BCUT2D eigenvalue weighted by atomic mass is 79.9. The lowest BCUT2D eigenvalue weighted by molar-refractivity contribution is -0.117. The van der Waals surface area contributed by atoms with Crippen molar-refractivity contribution in [3.63, 3.8) is 0 Å². The van der Waals surface area contributed by atoms with Crippen LogP contribution < -0.4 is 19.9 Å². The van der Waals surface area contributed by atoms with Crippen LogP contribution in [0.4, 0.5) is 5.69 Å². The number of methoxy groups -OCH3 is 2. The fraction of sp³-hybridized carbons (Fsp3) is 0.111. The lowest BCUT2D eigenvalue weighted by Crippen LogP contribution is -2.35. The monoisotopic (exact) mass is 470 g/mol. The number of hydrogen-bond acceptors (Lipinski definition) is 4. The Hall–Kier alpha value is -2.22. The van der Waals surface area contributed by atoms with Crippen molar-refractivity contribution in [1.29, 1.82) is 0 Å². The summed E-state index contributed by atoms with van der Waals surface area (Å²) < 4.78 is 11.2. The number of nitrogens with zero attached hydrogens (tertiary/aromatic N) is 1. The van der Waals surface area contributed by atoms with Crippen LogP contribution in [0.5, 0.6) is 11.5 Å². The number of carbonyl (C=O) groups excluding carboxylic acids is 2. The van der Waals surface area contributed by atoms with Crippen LogP contribution in [0, 0.1) is 0 Å². The molecule has 2 aromatic rings. The summed E-state index contributed by atoms with van der Waals surface area (Å²) >= 11 is 15.3. The van der Waals surface area contributed by atoms with Crippen LogP contribution >= 0.6 is 39.1 Å². The number of halogens is 3. The minimum Gasteiger partial charge on any atom is -0.493 e. The number of amides is 2. The van der Waals surface area contributed by atoms with E-state index in [1.54, 1.807) is 24.3 Å². The van der Waals surface area contributed by atoms with Crippen molar-refractivity contribution in [3.8, 4) is 11.5 Å². The summed E-state index contributed by atoms with van der Waals surface area (Å²) in [6.45, 7) is 0. The van der Waals surface area contributed by atoms with Crippen LogP contribution in [0.3, 0.4) is 0 Å². The maximum Gasteiger partial charge on any atom is 0.282 e. The quantitative estimate of drug-likeness (QED) is 0.535. The summed E-state index contributed by atoms with van der Waals surface area (Å²) in [5.41, 5.74) is 3.48. The van der Waals surface area contributed by atoms with Gasteiger partial charge < -0.3 is 9.47 Å². The Morgan fingerprint density at radius 2 is 1.81 bits per heavy atom. The van der Waals surface area contributed by atoms with Gasteiger partial charge in [-0.1, -0.05) is 23.2 Å². The van der Waals surface area contributed by atoms with E-state index in [9.17, 15) is 9.59 Å². The fourth-order valence-electron chi connectivity index (χ4n) is 2.55. The van der Waals surface area contributed by atoms with Gasteiger partial charge in [-0.05, 0) is 57.9 Å². The number of nitrogens with one attached hydrogen (secondary N) is 1. The summed E-state index contributed by atoms with van der Waals surface area (Å²) in [4.78, 5) is 25.0. The van der Waals surface area contributed by atoms with E-state index in [4.69, 9.17) is 32.7 Å². The number of carbonyl (C=O) groups is 2. The predicted molar refractivity (Wildman–Crippen MR) is 107 cm³/mol. The van der Waals surface area contributed by atoms with Crippen molar-refractivity contribution in [3.05, 3.63) is 56.0 Å². The third-order valence-electron chi connectivity index (χ3n) is 3.82. The molecule has 3 rings (SSSR count). The van der Waals surface area contributed by atoms with Crippen molar-refractivity contribution in [2.75, 3.05) is 19.2 Å². The van der Waals surface area contributed by atoms with Gasteiger partial charge in [-0.15, -0.1) is 0 Å². The molecule has 0 aliphatic carbocycles. The normalized spacial score (nSPS) is 15.3. The average Bonchev–Trinajstić information content (AvgIpc) is 2.91. The van der Waals surface area contributed by atoms with Gasteiger partial charge in [0.25, 0.3) is 11.8 Å². The Morgan fingerprint density at radius 1 is 1.07 bits per heavy atom. The second-order valence-corrected chi connectivity index (χ2v) is 7.14. The highest BCUT2D eigenvalue weighted by molar-refractivity contribution is 9.10. The molecule has 0 spiro atoms. The minimum atomic E-state index is -0.531. The highest BCUT2D eigenvalue weighted by Gasteiger charge is 2.34. The number of hydrogen-bond donors (Lipinski definition) is 1. The molecule has 0 aromatic heterocycles. The predicted octanol–water partition coefficient (Wildman–Crippen LogP) is 4.23. The highest BCUT2D eigenvalue weighted by Crippen LogP contribution is 2.37. The lowest BCUT2D eigenvalue weighted by Gasteiger charge is -2.15. The summed E-state index contributed by atoms with van der Waals surface area (Å²) in [5.74, 6) is -0.0634. The van der Waals surface area contributed by atoms with Gasteiger partial charge in [0, 0.05) is 0 Å². The summed E-state index contributed by atoms with van der Waals surface area (Å²) in [7, 11) is 3.02. The molecular formula is C18H13BrCl2N2O4. The van der Waals surface area contributed by atoms with Crippen molar-refractivity contribution in [2.24, 2.45) is 0 Å². The molecule has 2 aromatic carbocycles. The second-order valence-electron chi connectivity index (χ2n) is 5.48. The molecule has 1 aliphatic rings. The first kappa shape index (κ1) is 19.5. The van der Waals surface area contributed by atoms with Gasteiger partial charge in [0.05, 0.1) is 34.4 Å². The zero-order valence-electron chi connectivity index (χ0n) is 14.2. The first-order chi connectivity index (χ1) is 12.8. The van der Waals surface area contributed by atoms with Gasteiger partial charge in [0.1, 0.15) is 5.57 Å². The third kappa shape index (κ3) is 3.76. The number of rotatable bonds is 4. The Labute approximate surface area is 173 Å². The van der Waals surface area contributed by atoms with Crippen LogP contribution in [0.15, 0.2) is 40.4 Å². The van der Waals surface area contributed by atoms with E-state index < -0.39 is 11.8 Å². The van der Waals surface area contributed by atoms with E-state index in [2.05, 4.69) is 21.4 Å². The van der Waals surface area contributed by atoms with Crippen LogP contribution in [0.2, 0.25) is 10.0 Å². The molecule has 1 saturated heterocycles. The van der Waals surface area contributed by atoms with E-state index in [0.717, 1.165) is 5.01 Å². The zero-order chi connectivity index (χ0) is 19.7. The molecule has 0 bridgehead atoms. The van der Waals surface area contributed by atoms with Crippen LogP contribution in [-0.4, -0.2) is 26.0 Å². The van der Waals surface area contributed by atoms with Crippen molar-refractivity contribution in [2.45, 2.75) is 0 Å².